The number of anilines is 1. The van der Waals surface area contributed by atoms with Gasteiger partial charge in [0.05, 0.1) is 11.9 Å². The second-order valence-corrected chi connectivity index (χ2v) is 6.76. The van der Waals surface area contributed by atoms with E-state index in [-0.39, 0.29) is 5.91 Å². The summed E-state index contributed by atoms with van der Waals surface area (Å²) in [6.07, 6.45) is 3.18. The van der Waals surface area contributed by atoms with Crippen LogP contribution in [0, 0.1) is 13.8 Å². The van der Waals surface area contributed by atoms with Crippen LogP contribution in [0.15, 0.2) is 60.9 Å². The van der Waals surface area contributed by atoms with Crippen molar-refractivity contribution in [3.8, 4) is 11.3 Å². The monoisotopic (exact) mass is 376 g/mol. The molecule has 0 aliphatic rings. The summed E-state index contributed by atoms with van der Waals surface area (Å²) < 4.78 is 1.64. The lowest BCUT2D eigenvalue weighted by Crippen LogP contribution is -2.12. The average Bonchev–Trinajstić information content (AvgIpc) is 3.10. The van der Waals surface area contributed by atoms with Crippen molar-refractivity contribution in [2.24, 2.45) is 0 Å². The molecule has 4 rings (SSSR count). The summed E-state index contributed by atoms with van der Waals surface area (Å²) in [6.45, 7) is 4.05. The first-order chi connectivity index (χ1) is 13.0. The summed E-state index contributed by atoms with van der Waals surface area (Å²) >= 11 is 6.32. The Morgan fingerprint density at radius 2 is 1.89 bits per heavy atom. The van der Waals surface area contributed by atoms with Crippen molar-refractivity contribution in [3.05, 3.63) is 82.6 Å². The maximum Gasteiger partial charge on any atom is 0.261 e. The molecule has 0 aliphatic carbocycles. The standard InChI is InChI=1S/C21H17ClN4O/c1-13-7-8-15(11-14(13)2)25-21(27)17-12-24-26-19(9-10-23-20(17)26)16-5-3-4-6-18(16)22/h3-12H,1-2H3,(H,25,27). The largest absolute Gasteiger partial charge is 0.322 e. The molecule has 0 bridgehead atoms. The minimum absolute atomic E-state index is 0.253. The predicted octanol–water partition coefficient (Wildman–Crippen LogP) is 4.92. The Bertz CT molecular complexity index is 1170. The van der Waals surface area contributed by atoms with E-state index in [9.17, 15) is 4.79 Å². The second-order valence-electron chi connectivity index (χ2n) is 6.36. The summed E-state index contributed by atoms with van der Waals surface area (Å²) in [4.78, 5) is 17.1. The number of hydrogen-bond acceptors (Lipinski definition) is 3. The minimum Gasteiger partial charge on any atom is -0.322 e. The van der Waals surface area contributed by atoms with Crippen molar-refractivity contribution in [1.29, 1.82) is 0 Å². The number of aryl methyl sites for hydroxylation is 2. The van der Waals surface area contributed by atoms with E-state index < -0.39 is 0 Å². The summed E-state index contributed by atoms with van der Waals surface area (Å²) in [7, 11) is 0. The predicted molar refractivity (Wildman–Crippen MR) is 107 cm³/mol. The van der Waals surface area contributed by atoms with Gasteiger partial charge < -0.3 is 5.32 Å². The molecular weight excluding hydrogens is 360 g/mol. The van der Waals surface area contributed by atoms with Crippen LogP contribution < -0.4 is 5.32 Å². The van der Waals surface area contributed by atoms with Crippen molar-refractivity contribution in [2.45, 2.75) is 13.8 Å². The van der Waals surface area contributed by atoms with E-state index in [0.717, 1.165) is 22.5 Å². The van der Waals surface area contributed by atoms with Crippen molar-refractivity contribution in [3.63, 3.8) is 0 Å². The molecule has 6 heteroatoms. The van der Waals surface area contributed by atoms with Crippen LogP contribution in [0.5, 0.6) is 0 Å². The number of fused-ring (bicyclic) bond motifs is 1. The molecule has 2 aromatic heterocycles. The van der Waals surface area contributed by atoms with Gasteiger partial charge in [0.1, 0.15) is 5.56 Å². The highest BCUT2D eigenvalue weighted by atomic mass is 35.5. The molecule has 27 heavy (non-hydrogen) atoms. The highest BCUT2D eigenvalue weighted by molar-refractivity contribution is 6.33. The SMILES string of the molecule is Cc1ccc(NC(=O)c2cnn3c(-c4ccccc4Cl)ccnc23)cc1C. The molecule has 0 aliphatic heterocycles. The third kappa shape index (κ3) is 3.17. The molecule has 134 valence electrons. The Morgan fingerprint density at radius 1 is 1.07 bits per heavy atom. The molecule has 0 unspecified atom stereocenters. The molecule has 0 atom stereocenters. The minimum atomic E-state index is -0.253. The number of aromatic nitrogens is 3. The van der Waals surface area contributed by atoms with Gasteiger partial charge in [-0.25, -0.2) is 9.50 Å². The number of benzene rings is 2. The number of rotatable bonds is 3. The van der Waals surface area contributed by atoms with Crippen LogP contribution in [-0.4, -0.2) is 20.5 Å². The lowest BCUT2D eigenvalue weighted by molar-refractivity contribution is 0.102. The molecule has 4 aromatic rings. The number of carbonyl (C=O) groups excluding carboxylic acids is 1. The van der Waals surface area contributed by atoms with E-state index >= 15 is 0 Å². The van der Waals surface area contributed by atoms with Crippen LogP contribution in [0.2, 0.25) is 5.02 Å². The number of nitrogens with one attached hydrogen (secondary N) is 1. The Kier molecular flexibility index (Phi) is 4.38. The molecule has 1 amide bonds. The van der Waals surface area contributed by atoms with Crippen LogP contribution in [0.1, 0.15) is 21.5 Å². The quantitative estimate of drug-likeness (QED) is 0.552. The third-order valence-electron chi connectivity index (χ3n) is 4.56. The summed E-state index contributed by atoms with van der Waals surface area (Å²) in [6, 6.07) is 15.1. The van der Waals surface area contributed by atoms with Crippen LogP contribution in [0.4, 0.5) is 5.69 Å². The molecular formula is C21H17ClN4O. The molecule has 1 N–H and O–H groups in total. The van der Waals surface area contributed by atoms with Gasteiger partial charge in [0.15, 0.2) is 5.65 Å². The Labute approximate surface area is 161 Å². The molecule has 0 saturated carbocycles. The van der Waals surface area contributed by atoms with E-state index in [4.69, 9.17) is 11.6 Å². The fourth-order valence-electron chi connectivity index (χ4n) is 2.94. The van der Waals surface area contributed by atoms with Gasteiger partial charge in [-0.2, -0.15) is 5.10 Å². The number of nitrogens with zero attached hydrogens (tertiary/aromatic N) is 3. The fourth-order valence-corrected chi connectivity index (χ4v) is 3.17. The molecule has 0 saturated heterocycles. The van der Waals surface area contributed by atoms with Crippen molar-refractivity contribution in [2.75, 3.05) is 5.32 Å². The normalized spacial score (nSPS) is 10.9. The molecule has 0 spiro atoms. The molecule has 0 radical (unpaired) electrons. The second kappa shape index (κ2) is 6.85. The van der Waals surface area contributed by atoms with Gasteiger partial charge in [-0.15, -0.1) is 0 Å². The van der Waals surface area contributed by atoms with Gasteiger partial charge in [0.25, 0.3) is 5.91 Å². The zero-order valence-corrected chi connectivity index (χ0v) is 15.7. The van der Waals surface area contributed by atoms with Crippen LogP contribution in [0.3, 0.4) is 0 Å². The molecule has 0 fully saturated rings. The Morgan fingerprint density at radius 3 is 2.67 bits per heavy atom. The van der Waals surface area contributed by atoms with Crippen LogP contribution in [-0.2, 0) is 0 Å². The topological polar surface area (TPSA) is 59.3 Å². The number of carbonyl (C=O) groups is 1. The zero-order chi connectivity index (χ0) is 19.0. The van der Waals surface area contributed by atoms with Crippen LogP contribution in [0.25, 0.3) is 16.9 Å². The Hall–Kier alpha value is -3.18. The van der Waals surface area contributed by atoms with E-state index in [2.05, 4.69) is 15.4 Å². The number of halogens is 1. The average molecular weight is 377 g/mol. The van der Waals surface area contributed by atoms with Gasteiger partial charge in [0, 0.05) is 22.5 Å². The molecule has 5 nitrogen and oxygen atoms in total. The molecule has 2 heterocycles. The van der Waals surface area contributed by atoms with E-state index in [1.54, 1.807) is 10.7 Å². The van der Waals surface area contributed by atoms with E-state index in [0.29, 0.717) is 16.2 Å². The summed E-state index contributed by atoms with van der Waals surface area (Å²) in [5, 5.41) is 7.89. The first kappa shape index (κ1) is 17.2. The van der Waals surface area contributed by atoms with Crippen molar-refractivity contribution in [1.82, 2.24) is 14.6 Å². The first-order valence-corrected chi connectivity index (χ1v) is 8.88. The number of hydrogen-bond donors (Lipinski definition) is 1. The summed E-state index contributed by atoms with van der Waals surface area (Å²) in [5.74, 6) is -0.253. The van der Waals surface area contributed by atoms with Gasteiger partial charge in [0.2, 0.25) is 0 Å². The smallest absolute Gasteiger partial charge is 0.261 e. The fraction of sp³-hybridized carbons (Fsp3) is 0.0952. The van der Waals surface area contributed by atoms with Gasteiger partial charge in [-0.05, 0) is 49.2 Å². The highest BCUT2D eigenvalue weighted by Gasteiger charge is 2.17. The Balaban J connectivity index is 1.73. The highest BCUT2D eigenvalue weighted by Crippen LogP contribution is 2.28. The number of amides is 1. The first-order valence-electron chi connectivity index (χ1n) is 8.51. The van der Waals surface area contributed by atoms with E-state index in [1.807, 2.05) is 62.4 Å². The maximum atomic E-state index is 12.8. The summed E-state index contributed by atoms with van der Waals surface area (Å²) in [5.41, 5.74) is 5.52. The van der Waals surface area contributed by atoms with Gasteiger partial charge in [-0.1, -0.05) is 35.9 Å². The van der Waals surface area contributed by atoms with Crippen molar-refractivity contribution < 1.29 is 4.79 Å². The lowest BCUT2D eigenvalue weighted by Gasteiger charge is -2.08. The maximum absolute atomic E-state index is 12.8. The van der Waals surface area contributed by atoms with Gasteiger partial charge >= 0.3 is 0 Å². The van der Waals surface area contributed by atoms with Crippen molar-refractivity contribution >= 4 is 28.8 Å². The lowest BCUT2D eigenvalue weighted by atomic mass is 10.1. The molecule has 2 aromatic carbocycles. The van der Waals surface area contributed by atoms with Crippen LogP contribution >= 0.6 is 11.6 Å². The third-order valence-corrected chi connectivity index (χ3v) is 4.89. The van der Waals surface area contributed by atoms with Gasteiger partial charge in [-0.3, -0.25) is 4.79 Å². The van der Waals surface area contributed by atoms with E-state index in [1.165, 1.54) is 11.8 Å². The zero-order valence-electron chi connectivity index (χ0n) is 14.9.